The highest BCUT2D eigenvalue weighted by molar-refractivity contribution is 6.05. The van der Waals surface area contributed by atoms with Gasteiger partial charge in [-0.2, -0.15) is 5.10 Å². The molecule has 0 spiro atoms. The second-order valence-corrected chi connectivity index (χ2v) is 5.20. The number of nitrogens with one attached hydrogen (secondary N) is 1. The summed E-state index contributed by atoms with van der Waals surface area (Å²) in [6, 6.07) is 9.11. The Kier molecular flexibility index (Phi) is 4.18. The standard InChI is InChI=1S/C16H18N6O/c1-3-9-22-12(2)14(15(20-22)21-10-17-18-11-21)19-16(23)13-7-5-4-6-8-13/h4-8,10-11H,3,9H2,1-2H3,(H,19,23). The Morgan fingerprint density at radius 2 is 1.87 bits per heavy atom. The predicted molar refractivity (Wildman–Crippen MR) is 86.6 cm³/mol. The first-order valence-electron chi connectivity index (χ1n) is 7.49. The maximum atomic E-state index is 12.5. The van der Waals surface area contributed by atoms with Gasteiger partial charge < -0.3 is 5.32 Å². The third-order valence-electron chi connectivity index (χ3n) is 3.56. The number of aryl methyl sites for hydroxylation is 1. The van der Waals surface area contributed by atoms with E-state index in [1.54, 1.807) is 29.4 Å². The van der Waals surface area contributed by atoms with E-state index >= 15 is 0 Å². The predicted octanol–water partition coefficient (Wildman–Crippen LogP) is 2.43. The molecule has 7 heteroatoms. The SMILES string of the molecule is CCCn1nc(-n2cnnc2)c(NC(=O)c2ccccc2)c1C. The number of hydrogen-bond acceptors (Lipinski definition) is 4. The van der Waals surface area contributed by atoms with Crippen LogP contribution in [0.3, 0.4) is 0 Å². The van der Waals surface area contributed by atoms with Gasteiger partial charge in [-0.3, -0.25) is 14.0 Å². The third-order valence-corrected chi connectivity index (χ3v) is 3.56. The van der Waals surface area contributed by atoms with E-state index in [1.807, 2.05) is 29.8 Å². The summed E-state index contributed by atoms with van der Waals surface area (Å²) >= 11 is 0. The molecule has 23 heavy (non-hydrogen) atoms. The number of hydrogen-bond donors (Lipinski definition) is 1. The van der Waals surface area contributed by atoms with Crippen molar-refractivity contribution in [1.82, 2.24) is 24.5 Å². The van der Waals surface area contributed by atoms with E-state index in [1.165, 1.54) is 0 Å². The average Bonchev–Trinajstić information content (AvgIpc) is 3.19. The normalized spacial score (nSPS) is 10.7. The summed E-state index contributed by atoms with van der Waals surface area (Å²) in [7, 11) is 0. The van der Waals surface area contributed by atoms with Crippen molar-refractivity contribution in [2.75, 3.05) is 5.32 Å². The molecule has 2 aromatic heterocycles. The molecule has 118 valence electrons. The van der Waals surface area contributed by atoms with Gasteiger partial charge in [0.05, 0.1) is 5.69 Å². The maximum absolute atomic E-state index is 12.5. The monoisotopic (exact) mass is 310 g/mol. The van der Waals surface area contributed by atoms with Gasteiger partial charge in [-0.25, -0.2) is 0 Å². The Balaban J connectivity index is 1.98. The number of anilines is 1. The van der Waals surface area contributed by atoms with Crippen LogP contribution in [0.15, 0.2) is 43.0 Å². The van der Waals surface area contributed by atoms with E-state index in [0.717, 1.165) is 18.7 Å². The van der Waals surface area contributed by atoms with Gasteiger partial charge in [0.15, 0.2) is 5.82 Å². The molecule has 0 saturated heterocycles. The fourth-order valence-electron chi connectivity index (χ4n) is 2.37. The molecule has 0 aliphatic heterocycles. The first-order chi connectivity index (χ1) is 11.2. The molecular formula is C16H18N6O. The summed E-state index contributed by atoms with van der Waals surface area (Å²) in [5, 5.41) is 15.2. The molecule has 0 saturated carbocycles. The van der Waals surface area contributed by atoms with Crippen LogP contribution in [0.1, 0.15) is 29.4 Å². The Hall–Kier alpha value is -2.96. The molecule has 1 aromatic carbocycles. The van der Waals surface area contributed by atoms with E-state index in [0.29, 0.717) is 17.1 Å². The smallest absolute Gasteiger partial charge is 0.255 e. The van der Waals surface area contributed by atoms with Crippen LogP contribution in [0.2, 0.25) is 0 Å². The van der Waals surface area contributed by atoms with E-state index in [9.17, 15) is 4.79 Å². The van der Waals surface area contributed by atoms with Crippen molar-refractivity contribution in [1.29, 1.82) is 0 Å². The third kappa shape index (κ3) is 2.98. The fourth-order valence-corrected chi connectivity index (χ4v) is 2.37. The lowest BCUT2D eigenvalue weighted by Crippen LogP contribution is -2.13. The highest BCUT2D eigenvalue weighted by atomic mass is 16.1. The molecule has 1 amide bonds. The number of aromatic nitrogens is 5. The van der Waals surface area contributed by atoms with E-state index in [-0.39, 0.29) is 5.91 Å². The number of benzene rings is 1. The lowest BCUT2D eigenvalue weighted by molar-refractivity contribution is 0.102. The van der Waals surface area contributed by atoms with Crippen molar-refractivity contribution in [3.05, 3.63) is 54.2 Å². The van der Waals surface area contributed by atoms with Crippen molar-refractivity contribution in [3.8, 4) is 5.82 Å². The van der Waals surface area contributed by atoms with Crippen LogP contribution in [0.25, 0.3) is 5.82 Å². The Morgan fingerprint density at radius 3 is 2.52 bits per heavy atom. The molecular weight excluding hydrogens is 292 g/mol. The van der Waals surface area contributed by atoms with Crippen molar-refractivity contribution in [2.24, 2.45) is 0 Å². The number of nitrogens with zero attached hydrogens (tertiary/aromatic N) is 5. The van der Waals surface area contributed by atoms with Crippen LogP contribution in [0.5, 0.6) is 0 Å². The van der Waals surface area contributed by atoms with Crippen LogP contribution < -0.4 is 5.32 Å². The van der Waals surface area contributed by atoms with Gasteiger partial charge >= 0.3 is 0 Å². The lowest BCUT2D eigenvalue weighted by Gasteiger charge is -2.07. The van der Waals surface area contributed by atoms with Crippen LogP contribution in [-0.4, -0.2) is 30.5 Å². The van der Waals surface area contributed by atoms with Gasteiger partial charge in [0.2, 0.25) is 0 Å². The highest BCUT2D eigenvalue weighted by Gasteiger charge is 2.19. The molecule has 0 atom stereocenters. The molecule has 1 N–H and O–H groups in total. The first kappa shape index (κ1) is 15.0. The quantitative estimate of drug-likeness (QED) is 0.785. The van der Waals surface area contributed by atoms with Gasteiger partial charge in [0, 0.05) is 12.1 Å². The highest BCUT2D eigenvalue weighted by Crippen LogP contribution is 2.24. The summed E-state index contributed by atoms with van der Waals surface area (Å²) < 4.78 is 3.58. The molecule has 3 aromatic rings. The summed E-state index contributed by atoms with van der Waals surface area (Å²) in [6.07, 6.45) is 4.09. The number of amides is 1. The van der Waals surface area contributed by atoms with Crippen molar-refractivity contribution < 1.29 is 4.79 Å². The van der Waals surface area contributed by atoms with Crippen LogP contribution in [0.4, 0.5) is 5.69 Å². The molecule has 0 radical (unpaired) electrons. The van der Waals surface area contributed by atoms with Crippen molar-refractivity contribution in [2.45, 2.75) is 26.8 Å². The Labute approximate surface area is 134 Å². The largest absolute Gasteiger partial charge is 0.317 e. The zero-order valence-electron chi connectivity index (χ0n) is 13.1. The molecule has 0 bridgehead atoms. The molecule has 0 fully saturated rings. The van der Waals surface area contributed by atoms with Crippen LogP contribution >= 0.6 is 0 Å². The number of rotatable bonds is 5. The van der Waals surface area contributed by atoms with Crippen LogP contribution in [-0.2, 0) is 6.54 Å². The Morgan fingerprint density at radius 1 is 1.17 bits per heavy atom. The minimum absolute atomic E-state index is 0.168. The summed E-state index contributed by atoms with van der Waals surface area (Å²) in [5.41, 5.74) is 2.18. The summed E-state index contributed by atoms with van der Waals surface area (Å²) in [6.45, 7) is 4.81. The topological polar surface area (TPSA) is 77.6 Å². The zero-order valence-corrected chi connectivity index (χ0v) is 13.1. The van der Waals surface area contributed by atoms with Gasteiger partial charge in [-0.1, -0.05) is 25.1 Å². The zero-order chi connectivity index (χ0) is 16.2. The van der Waals surface area contributed by atoms with E-state index in [2.05, 4.69) is 27.5 Å². The lowest BCUT2D eigenvalue weighted by atomic mass is 10.2. The second-order valence-electron chi connectivity index (χ2n) is 5.20. The fraction of sp³-hybridized carbons (Fsp3) is 0.250. The van der Waals surface area contributed by atoms with Gasteiger partial charge in [0.1, 0.15) is 18.3 Å². The van der Waals surface area contributed by atoms with Crippen molar-refractivity contribution in [3.63, 3.8) is 0 Å². The van der Waals surface area contributed by atoms with E-state index in [4.69, 9.17) is 0 Å². The first-order valence-corrected chi connectivity index (χ1v) is 7.49. The van der Waals surface area contributed by atoms with Gasteiger partial charge in [0.25, 0.3) is 5.91 Å². The molecule has 7 nitrogen and oxygen atoms in total. The van der Waals surface area contributed by atoms with Gasteiger partial charge in [-0.05, 0) is 25.5 Å². The number of carbonyl (C=O) groups is 1. The Bertz CT molecular complexity index is 792. The van der Waals surface area contributed by atoms with Crippen molar-refractivity contribution >= 4 is 11.6 Å². The number of carbonyl (C=O) groups excluding carboxylic acids is 1. The molecule has 3 rings (SSSR count). The van der Waals surface area contributed by atoms with Gasteiger partial charge in [-0.15, -0.1) is 10.2 Å². The second kappa shape index (κ2) is 6.43. The summed E-state index contributed by atoms with van der Waals surface area (Å²) in [4.78, 5) is 12.5. The minimum Gasteiger partial charge on any atom is -0.317 e. The molecule has 2 heterocycles. The molecule has 0 unspecified atom stereocenters. The minimum atomic E-state index is -0.168. The molecule has 0 aliphatic rings. The maximum Gasteiger partial charge on any atom is 0.255 e. The van der Waals surface area contributed by atoms with E-state index < -0.39 is 0 Å². The molecule has 0 aliphatic carbocycles. The van der Waals surface area contributed by atoms with Crippen LogP contribution in [0, 0.1) is 6.92 Å². The summed E-state index contributed by atoms with van der Waals surface area (Å²) in [5.74, 6) is 0.448. The average molecular weight is 310 g/mol.